The lowest BCUT2D eigenvalue weighted by Gasteiger charge is -2.25. The molecule has 106 valence electrons. The monoisotopic (exact) mass is 271 g/mol. The molecule has 0 radical (unpaired) electrons. The van der Waals surface area contributed by atoms with E-state index < -0.39 is 0 Å². The third-order valence-corrected chi connectivity index (χ3v) is 3.71. The lowest BCUT2D eigenvalue weighted by Crippen LogP contribution is -2.30. The highest BCUT2D eigenvalue weighted by Gasteiger charge is 2.21. The van der Waals surface area contributed by atoms with Crippen molar-refractivity contribution >= 4 is 11.6 Å². The number of amides is 1. The molecule has 0 spiro atoms. The number of nitrogen functional groups attached to an aromatic ring is 1. The van der Waals surface area contributed by atoms with Gasteiger partial charge < -0.3 is 15.2 Å². The van der Waals surface area contributed by atoms with E-state index in [0.717, 1.165) is 5.56 Å². The Kier molecular flexibility index (Phi) is 3.84. The molecule has 0 saturated carbocycles. The second-order valence-corrected chi connectivity index (χ2v) is 5.27. The Morgan fingerprint density at radius 3 is 2.40 bits per heavy atom. The molecule has 1 atom stereocenters. The van der Waals surface area contributed by atoms with Crippen molar-refractivity contribution in [1.29, 1.82) is 0 Å². The zero-order chi connectivity index (χ0) is 14.9. The van der Waals surface area contributed by atoms with Gasteiger partial charge in [-0.1, -0.05) is 29.8 Å². The van der Waals surface area contributed by atoms with Gasteiger partial charge in [0.2, 0.25) is 0 Å². The maximum absolute atomic E-state index is 12.5. The predicted octanol–water partition coefficient (Wildman–Crippen LogP) is 2.75. The number of carbonyl (C=O) groups is 1. The Bertz CT molecular complexity index is 613. The first-order valence-corrected chi connectivity index (χ1v) is 6.65. The Balaban J connectivity index is 2.22. The average Bonchev–Trinajstić information content (AvgIpc) is 2.76. The fraction of sp³-hybridized carbons (Fsp3) is 0.312. The minimum Gasteiger partial charge on any atom is -0.397 e. The second kappa shape index (κ2) is 5.41. The molecule has 0 fully saturated rings. The van der Waals surface area contributed by atoms with Crippen LogP contribution in [0.3, 0.4) is 0 Å². The fourth-order valence-electron chi connectivity index (χ4n) is 2.23. The standard InChI is InChI=1S/C16H21N3O/c1-11-5-7-13(8-6-11)12(2)19(4)16(20)15-9-14(17)10-18(15)3/h5-10,12H,17H2,1-4H3. The van der Waals surface area contributed by atoms with Crippen molar-refractivity contribution in [2.45, 2.75) is 19.9 Å². The van der Waals surface area contributed by atoms with Crippen LogP contribution in [0.1, 0.15) is 34.6 Å². The fourth-order valence-corrected chi connectivity index (χ4v) is 2.23. The average molecular weight is 271 g/mol. The highest BCUT2D eigenvalue weighted by Crippen LogP contribution is 2.22. The summed E-state index contributed by atoms with van der Waals surface area (Å²) < 4.78 is 1.76. The van der Waals surface area contributed by atoms with E-state index in [0.29, 0.717) is 11.4 Å². The van der Waals surface area contributed by atoms with Gasteiger partial charge in [-0.25, -0.2) is 0 Å². The quantitative estimate of drug-likeness (QED) is 0.933. The van der Waals surface area contributed by atoms with Crippen LogP contribution in [0.5, 0.6) is 0 Å². The van der Waals surface area contributed by atoms with Gasteiger partial charge in [-0.15, -0.1) is 0 Å². The maximum Gasteiger partial charge on any atom is 0.270 e. The smallest absolute Gasteiger partial charge is 0.270 e. The maximum atomic E-state index is 12.5. The zero-order valence-corrected chi connectivity index (χ0v) is 12.4. The highest BCUT2D eigenvalue weighted by atomic mass is 16.2. The molecule has 1 heterocycles. The number of hydrogen-bond acceptors (Lipinski definition) is 2. The summed E-state index contributed by atoms with van der Waals surface area (Å²) in [7, 11) is 3.64. The van der Waals surface area contributed by atoms with E-state index in [1.165, 1.54) is 5.56 Å². The molecular formula is C16H21N3O. The molecule has 20 heavy (non-hydrogen) atoms. The molecule has 2 N–H and O–H groups in total. The van der Waals surface area contributed by atoms with Gasteiger partial charge in [0, 0.05) is 20.3 Å². The normalized spacial score (nSPS) is 12.2. The van der Waals surface area contributed by atoms with Gasteiger partial charge in [0.1, 0.15) is 5.69 Å². The summed E-state index contributed by atoms with van der Waals surface area (Å²) in [6.45, 7) is 4.07. The van der Waals surface area contributed by atoms with E-state index in [1.807, 2.05) is 21.0 Å². The molecule has 1 aromatic heterocycles. The number of nitrogens with zero attached hydrogens (tertiary/aromatic N) is 2. The third-order valence-electron chi connectivity index (χ3n) is 3.71. The molecule has 0 aliphatic heterocycles. The largest absolute Gasteiger partial charge is 0.397 e. The van der Waals surface area contributed by atoms with Crippen molar-refractivity contribution in [2.75, 3.05) is 12.8 Å². The molecule has 0 aliphatic rings. The van der Waals surface area contributed by atoms with Crippen LogP contribution in [0.15, 0.2) is 36.5 Å². The summed E-state index contributed by atoms with van der Waals surface area (Å²) in [4.78, 5) is 14.2. The molecule has 4 heteroatoms. The topological polar surface area (TPSA) is 51.3 Å². The molecule has 2 rings (SSSR count). The minimum absolute atomic E-state index is 0.0132. The van der Waals surface area contributed by atoms with Crippen molar-refractivity contribution < 1.29 is 4.79 Å². The lowest BCUT2D eigenvalue weighted by molar-refractivity contribution is 0.0733. The van der Waals surface area contributed by atoms with Gasteiger partial charge in [0.25, 0.3) is 5.91 Å². The number of hydrogen-bond donors (Lipinski definition) is 1. The Morgan fingerprint density at radius 1 is 1.30 bits per heavy atom. The van der Waals surface area contributed by atoms with Crippen molar-refractivity contribution in [3.63, 3.8) is 0 Å². The van der Waals surface area contributed by atoms with Crippen LogP contribution in [-0.2, 0) is 7.05 Å². The van der Waals surface area contributed by atoms with Crippen molar-refractivity contribution in [3.8, 4) is 0 Å². The van der Waals surface area contributed by atoms with E-state index in [1.54, 1.807) is 21.7 Å². The number of carbonyl (C=O) groups excluding carboxylic acids is 1. The predicted molar refractivity (Wildman–Crippen MR) is 81.5 cm³/mol. The number of anilines is 1. The summed E-state index contributed by atoms with van der Waals surface area (Å²) in [5.41, 5.74) is 9.27. The molecule has 1 unspecified atom stereocenters. The first-order valence-electron chi connectivity index (χ1n) is 6.65. The van der Waals surface area contributed by atoms with Gasteiger partial charge >= 0.3 is 0 Å². The lowest BCUT2D eigenvalue weighted by atomic mass is 10.1. The van der Waals surface area contributed by atoms with Gasteiger partial charge in [0.05, 0.1) is 11.7 Å². The summed E-state index contributed by atoms with van der Waals surface area (Å²) >= 11 is 0. The second-order valence-electron chi connectivity index (χ2n) is 5.27. The van der Waals surface area contributed by atoms with Crippen LogP contribution in [-0.4, -0.2) is 22.4 Å². The van der Waals surface area contributed by atoms with Crippen LogP contribution in [0.4, 0.5) is 5.69 Å². The molecule has 1 aromatic carbocycles. The van der Waals surface area contributed by atoms with Gasteiger partial charge in [0.15, 0.2) is 0 Å². The molecule has 0 bridgehead atoms. The molecule has 2 aromatic rings. The molecule has 0 aliphatic carbocycles. The van der Waals surface area contributed by atoms with Crippen molar-refractivity contribution in [1.82, 2.24) is 9.47 Å². The molecule has 4 nitrogen and oxygen atoms in total. The van der Waals surface area contributed by atoms with Crippen LogP contribution in [0, 0.1) is 6.92 Å². The summed E-state index contributed by atoms with van der Waals surface area (Å²) in [6.07, 6.45) is 1.75. The van der Waals surface area contributed by atoms with Crippen LogP contribution < -0.4 is 5.73 Å². The van der Waals surface area contributed by atoms with E-state index in [2.05, 4.69) is 31.2 Å². The number of benzene rings is 1. The number of rotatable bonds is 3. The molecule has 0 saturated heterocycles. The van der Waals surface area contributed by atoms with E-state index in [4.69, 9.17) is 5.73 Å². The number of nitrogens with two attached hydrogens (primary N) is 1. The first kappa shape index (κ1) is 14.2. The summed E-state index contributed by atoms with van der Waals surface area (Å²) in [5, 5.41) is 0. The Hall–Kier alpha value is -2.23. The van der Waals surface area contributed by atoms with Crippen LogP contribution in [0.2, 0.25) is 0 Å². The Labute approximate surface area is 119 Å². The zero-order valence-electron chi connectivity index (χ0n) is 12.4. The summed E-state index contributed by atoms with van der Waals surface area (Å²) in [5.74, 6) is -0.0303. The van der Waals surface area contributed by atoms with Crippen molar-refractivity contribution in [3.05, 3.63) is 53.3 Å². The van der Waals surface area contributed by atoms with E-state index in [-0.39, 0.29) is 11.9 Å². The van der Waals surface area contributed by atoms with Gasteiger partial charge in [-0.2, -0.15) is 0 Å². The van der Waals surface area contributed by atoms with Crippen LogP contribution >= 0.6 is 0 Å². The summed E-state index contributed by atoms with van der Waals surface area (Å²) in [6, 6.07) is 9.96. The number of aromatic nitrogens is 1. The first-order chi connectivity index (χ1) is 9.40. The SMILES string of the molecule is Cc1ccc(C(C)N(C)C(=O)c2cc(N)cn2C)cc1. The Morgan fingerprint density at radius 2 is 1.90 bits per heavy atom. The molecular weight excluding hydrogens is 250 g/mol. The van der Waals surface area contributed by atoms with E-state index in [9.17, 15) is 4.79 Å². The van der Waals surface area contributed by atoms with E-state index >= 15 is 0 Å². The third kappa shape index (κ3) is 2.69. The van der Waals surface area contributed by atoms with Gasteiger partial charge in [-0.05, 0) is 25.5 Å². The van der Waals surface area contributed by atoms with Crippen molar-refractivity contribution in [2.24, 2.45) is 7.05 Å². The number of aryl methyl sites for hydroxylation is 2. The minimum atomic E-state index is -0.0303. The highest BCUT2D eigenvalue weighted by molar-refractivity contribution is 5.93. The molecule has 1 amide bonds. The van der Waals surface area contributed by atoms with Gasteiger partial charge in [-0.3, -0.25) is 4.79 Å². The van der Waals surface area contributed by atoms with Crippen LogP contribution in [0.25, 0.3) is 0 Å².